The van der Waals surface area contributed by atoms with Crippen molar-refractivity contribution in [3.8, 4) is 0 Å². The highest BCUT2D eigenvalue weighted by Gasteiger charge is 2.18. The highest BCUT2D eigenvalue weighted by atomic mass is 32.2. The van der Waals surface area contributed by atoms with E-state index in [-0.39, 0.29) is 5.91 Å². The van der Waals surface area contributed by atoms with Gasteiger partial charge in [-0.05, 0) is 30.4 Å². The summed E-state index contributed by atoms with van der Waals surface area (Å²) < 4.78 is 0. The largest absolute Gasteiger partial charge is 0.478 e. The second kappa shape index (κ2) is 6.77. The van der Waals surface area contributed by atoms with Crippen LogP contribution in [0.4, 0.5) is 0 Å². The van der Waals surface area contributed by atoms with Gasteiger partial charge in [-0.25, -0.2) is 4.79 Å². The second-order valence-corrected chi connectivity index (χ2v) is 6.47. The van der Waals surface area contributed by atoms with E-state index in [1.54, 1.807) is 12.1 Å². The fraction of sp³-hybridized carbons (Fsp3) is 0.385. The summed E-state index contributed by atoms with van der Waals surface area (Å²) in [6, 6.07) is 3.55. The average Bonchev–Trinajstić information content (AvgIpc) is 2.69. The van der Waals surface area contributed by atoms with Gasteiger partial charge in [0.15, 0.2) is 0 Å². The summed E-state index contributed by atoms with van der Waals surface area (Å²) in [5, 5.41) is 8.57. The molecule has 0 radical (unpaired) electrons. The van der Waals surface area contributed by atoms with Crippen molar-refractivity contribution in [3.05, 3.63) is 28.0 Å². The molecule has 0 aromatic carbocycles. The van der Waals surface area contributed by atoms with Crippen LogP contribution in [0.15, 0.2) is 18.2 Å². The Labute approximate surface area is 120 Å². The van der Waals surface area contributed by atoms with Gasteiger partial charge in [0, 0.05) is 29.8 Å². The second-order valence-electron chi connectivity index (χ2n) is 4.13. The summed E-state index contributed by atoms with van der Waals surface area (Å²) in [6.45, 7) is 1.60. The normalized spacial score (nSPS) is 16.5. The molecule has 0 aliphatic carbocycles. The van der Waals surface area contributed by atoms with Crippen molar-refractivity contribution < 1.29 is 14.7 Å². The Hall–Kier alpha value is -1.27. The Kier molecular flexibility index (Phi) is 5.04. The first kappa shape index (κ1) is 14.1. The fourth-order valence-electron chi connectivity index (χ4n) is 1.82. The van der Waals surface area contributed by atoms with E-state index in [4.69, 9.17) is 5.11 Å². The Morgan fingerprint density at radius 2 is 2.11 bits per heavy atom. The first-order valence-corrected chi connectivity index (χ1v) is 8.02. The lowest BCUT2D eigenvalue weighted by Crippen LogP contribution is -2.32. The predicted octanol–water partition coefficient (Wildman–Crippen LogP) is 2.43. The first-order valence-electron chi connectivity index (χ1n) is 6.04. The van der Waals surface area contributed by atoms with Crippen molar-refractivity contribution in [2.24, 2.45) is 0 Å². The van der Waals surface area contributed by atoms with Gasteiger partial charge in [-0.15, -0.1) is 11.3 Å². The maximum Gasteiger partial charge on any atom is 0.328 e. The van der Waals surface area contributed by atoms with Crippen LogP contribution in [-0.2, 0) is 4.79 Å². The monoisotopic (exact) mass is 297 g/mol. The van der Waals surface area contributed by atoms with Gasteiger partial charge in [-0.2, -0.15) is 11.8 Å². The summed E-state index contributed by atoms with van der Waals surface area (Å²) in [7, 11) is 0. The molecule has 0 spiro atoms. The van der Waals surface area contributed by atoms with Gasteiger partial charge >= 0.3 is 5.97 Å². The van der Waals surface area contributed by atoms with Crippen LogP contribution >= 0.6 is 23.1 Å². The highest BCUT2D eigenvalue weighted by molar-refractivity contribution is 7.99. The molecule has 2 heterocycles. The van der Waals surface area contributed by atoms with Crippen molar-refractivity contribution in [1.82, 2.24) is 4.90 Å². The Balaban J connectivity index is 2.04. The minimum atomic E-state index is -0.981. The molecule has 2 rings (SSSR count). The summed E-state index contributed by atoms with van der Waals surface area (Å²) in [4.78, 5) is 26.1. The number of thioether (sulfide) groups is 1. The van der Waals surface area contributed by atoms with Crippen LogP contribution < -0.4 is 0 Å². The summed E-state index contributed by atoms with van der Waals surface area (Å²) in [6.07, 6.45) is 3.64. The Morgan fingerprint density at radius 3 is 2.89 bits per heavy atom. The summed E-state index contributed by atoms with van der Waals surface area (Å²) >= 11 is 3.22. The molecule has 0 atom stereocenters. The molecule has 19 heavy (non-hydrogen) atoms. The van der Waals surface area contributed by atoms with Crippen LogP contribution in [0, 0.1) is 0 Å². The molecule has 1 aromatic heterocycles. The molecule has 1 amide bonds. The van der Waals surface area contributed by atoms with Crippen LogP contribution in [0.3, 0.4) is 0 Å². The van der Waals surface area contributed by atoms with E-state index >= 15 is 0 Å². The van der Waals surface area contributed by atoms with Gasteiger partial charge in [0.2, 0.25) is 0 Å². The third-order valence-corrected chi connectivity index (χ3v) is 4.82. The highest BCUT2D eigenvalue weighted by Crippen LogP contribution is 2.21. The molecule has 1 aromatic rings. The molecule has 0 saturated carbocycles. The average molecular weight is 297 g/mol. The van der Waals surface area contributed by atoms with Crippen molar-refractivity contribution in [1.29, 1.82) is 0 Å². The van der Waals surface area contributed by atoms with Gasteiger partial charge in [0.1, 0.15) is 0 Å². The quantitative estimate of drug-likeness (QED) is 0.871. The maximum atomic E-state index is 12.3. The maximum absolute atomic E-state index is 12.3. The summed E-state index contributed by atoms with van der Waals surface area (Å²) in [5.41, 5.74) is 0. The lowest BCUT2D eigenvalue weighted by atomic mass is 10.3. The van der Waals surface area contributed by atoms with E-state index < -0.39 is 5.97 Å². The van der Waals surface area contributed by atoms with Crippen LogP contribution in [0.2, 0.25) is 0 Å². The SMILES string of the molecule is O=C(O)C=Cc1ccc(C(=O)N2CCCSCC2)s1. The minimum absolute atomic E-state index is 0.0578. The van der Waals surface area contributed by atoms with E-state index in [9.17, 15) is 9.59 Å². The zero-order valence-electron chi connectivity index (χ0n) is 10.4. The van der Waals surface area contributed by atoms with Gasteiger partial charge in [-0.3, -0.25) is 4.79 Å². The third-order valence-electron chi connectivity index (χ3n) is 2.74. The number of carbonyl (C=O) groups excluding carboxylic acids is 1. The number of amides is 1. The molecule has 1 aliphatic rings. The lowest BCUT2D eigenvalue weighted by Gasteiger charge is -2.18. The number of carbonyl (C=O) groups is 2. The molecule has 1 saturated heterocycles. The molecular weight excluding hydrogens is 282 g/mol. The molecular formula is C13H15NO3S2. The van der Waals surface area contributed by atoms with E-state index in [2.05, 4.69) is 0 Å². The van der Waals surface area contributed by atoms with Gasteiger partial charge < -0.3 is 10.0 Å². The molecule has 4 nitrogen and oxygen atoms in total. The smallest absolute Gasteiger partial charge is 0.328 e. The molecule has 6 heteroatoms. The van der Waals surface area contributed by atoms with Crippen molar-refractivity contribution in [3.63, 3.8) is 0 Å². The van der Waals surface area contributed by atoms with Crippen molar-refractivity contribution in [2.75, 3.05) is 24.6 Å². The number of nitrogens with zero attached hydrogens (tertiary/aromatic N) is 1. The number of carboxylic acid groups (broad SMARTS) is 1. The minimum Gasteiger partial charge on any atom is -0.478 e. The molecule has 102 valence electrons. The Morgan fingerprint density at radius 1 is 1.26 bits per heavy atom. The lowest BCUT2D eigenvalue weighted by molar-refractivity contribution is -0.131. The van der Waals surface area contributed by atoms with Gasteiger partial charge in [0.05, 0.1) is 4.88 Å². The van der Waals surface area contributed by atoms with E-state index in [1.165, 1.54) is 17.4 Å². The number of carboxylic acids is 1. The third kappa shape index (κ3) is 4.11. The zero-order chi connectivity index (χ0) is 13.7. The van der Waals surface area contributed by atoms with E-state index in [0.717, 1.165) is 42.0 Å². The standard InChI is InChI=1S/C13H15NO3S2/c15-12(16)5-3-10-2-4-11(19-10)13(17)14-6-1-8-18-9-7-14/h2-5H,1,6-9H2,(H,15,16). The number of rotatable bonds is 3. The van der Waals surface area contributed by atoms with Crippen molar-refractivity contribution in [2.45, 2.75) is 6.42 Å². The first-order chi connectivity index (χ1) is 9.16. The molecule has 1 fully saturated rings. The molecule has 1 aliphatic heterocycles. The van der Waals surface area contributed by atoms with Crippen LogP contribution in [0.25, 0.3) is 6.08 Å². The number of hydrogen-bond donors (Lipinski definition) is 1. The van der Waals surface area contributed by atoms with Crippen LogP contribution in [-0.4, -0.2) is 46.5 Å². The van der Waals surface area contributed by atoms with Crippen molar-refractivity contribution >= 4 is 41.1 Å². The van der Waals surface area contributed by atoms with Crippen LogP contribution in [0.1, 0.15) is 21.0 Å². The van der Waals surface area contributed by atoms with Crippen LogP contribution in [0.5, 0.6) is 0 Å². The number of thiophene rings is 1. The fourth-order valence-corrected chi connectivity index (χ4v) is 3.58. The molecule has 0 unspecified atom stereocenters. The van der Waals surface area contributed by atoms with E-state index in [0.29, 0.717) is 4.88 Å². The van der Waals surface area contributed by atoms with Gasteiger partial charge in [-0.1, -0.05) is 0 Å². The van der Waals surface area contributed by atoms with E-state index in [1.807, 2.05) is 16.7 Å². The zero-order valence-corrected chi connectivity index (χ0v) is 12.0. The number of aliphatic carboxylic acids is 1. The molecule has 0 bridgehead atoms. The predicted molar refractivity (Wildman–Crippen MR) is 78.8 cm³/mol. The number of hydrogen-bond acceptors (Lipinski definition) is 4. The summed E-state index contributed by atoms with van der Waals surface area (Å²) in [5.74, 6) is 1.18. The van der Waals surface area contributed by atoms with Gasteiger partial charge in [0.25, 0.3) is 5.91 Å². The topological polar surface area (TPSA) is 57.6 Å². The molecule has 1 N–H and O–H groups in total. The Bertz CT molecular complexity index is 488.